The number of carbonyl (C=O) groups excluding carboxylic acids is 2. The highest BCUT2D eigenvalue weighted by Crippen LogP contribution is 2.18. The molecule has 7 nitrogen and oxygen atoms in total. The quantitative estimate of drug-likeness (QED) is 0.547. The van der Waals surface area contributed by atoms with Gasteiger partial charge in [0.15, 0.2) is 0 Å². The Morgan fingerprint density at radius 2 is 1.70 bits per heavy atom. The topological polar surface area (TPSA) is 76.7 Å². The van der Waals surface area contributed by atoms with Gasteiger partial charge in [0.1, 0.15) is 0 Å². The molecule has 0 spiro atoms. The molecule has 178 valence electrons. The van der Waals surface area contributed by atoms with Crippen molar-refractivity contribution in [1.82, 2.24) is 20.4 Å². The number of hydrogen-bond acceptors (Lipinski definition) is 4. The lowest BCUT2D eigenvalue weighted by atomic mass is 10.0. The number of amides is 3. The van der Waals surface area contributed by atoms with Crippen molar-refractivity contribution >= 4 is 17.6 Å². The maximum atomic E-state index is 12.5. The van der Waals surface area contributed by atoms with Crippen molar-refractivity contribution in [2.75, 3.05) is 45.6 Å². The third-order valence-electron chi connectivity index (χ3n) is 6.20. The predicted octanol–water partition coefficient (Wildman–Crippen LogP) is 3.25. The van der Waals surface area contributed by atoms with E-state index in [9.17, 15) is 9.59 Å². The van der Waals surface area contributed by atoms with E-state index in [1.165, 1.54) is 11.1 Å². The maximum absolute atomic E-state index is 12.5. The van der Waals surface area contributed by atoms with Gasteiger partial charge in [0.2, 0.25) is 5.91 Å². The van der Waals surface area contributed by atoms with Crippen LogP contribution in [-0.4, -0.2) is 68.1 Å². The van der Waals surface area contributed by atoms with E-state index in [2.05, 4.69) is 56.9 Å². The average molecular weight is 452 g/mol. The van der Waals surface area contributed by atoms with E-state index in [0.29, 0.717) is 13.1 Å². The van der Waals surface area contributed by atoms with E-state index in [-0.39, 0.29) is 24.0 Å². The summed E-state index contributed by atoms with van der Waals surface area (Å²) in [5.74, 6) is -0.00736. The molecule has 3 amide bonds. The first-order chi connectivity index (χ1) is 15.9. The van der Waals surface area contributed by atoms with Gasteiger partial charge in [-0.25, -0.2) is 4.79 Å². The summed E-state index contributed by atoms with van der Waals surface area (Å²) >= 11 is 0. The zero-order valence-corrected chi connectivity index (χ0v) is 20.0. The van der Waals surface area contributed by atoms with E-state index < -0.39 is 0 Å². The number of carbonyl (C=O) groups is 2. The van der Waals surface area contributed by atoms with Crippen LogP contribution in [0.3, 0.4) is 0 Å². The van der Waals surface area contributed by atoms with Crippen molar-refractivity contribution in [3.63, 3.8) is 0 Å². The summed E-state index contributed by atoms with van der Waals surface area (Å²) in [5.41, 5.74) is 3.32. The Morgan fingerprint density at radius 3 is 2.30 bits per heavy atom. The van der Waals surface area contributed by atoms with E-state index in [0.717, 1.165) is 38.0 Å². The second-order valence-corrected chi connectivity index (χ2v) is 8.89. The molecule has 1 saturated heterocycles. The summed E-state index contributed by atoms with van der Waals surface area (Å²) in [6, 6.07) is 18.2. The summed E-state index contributed by atoms with van der Waals surface area (Å²) in [4.78, 5) is 29.0. The number of likely N-dealkylation sites (N-methyl/N-ethyl adjacent to an activating group) is 1. The Bertz CT molecular complexity index is 877. The van der Waals surface area contributed by atoms with Gasteiger partial charge < -0.3 is 20.9 Å². The van der Waals surface area contributed by atoms with Gasteiger partial charge in [-0.2, -0.15) is 0 Å². The third kappa shape index (κ3) is 7.87. The smallest absolute Gasteiger partial charge is 0.315 e. The van der Waals surface area contributed by atoms with Crippen LogP contribution in [-0.2, 0) is 11.2 Å². The van der Waals surface area contributed by atoms with Gasteiger partial charge in [0.25, 0.3) is 0 Å². The normalized spacial score (nSPS) is 15.8. The largest absolute Gasteiger partial charge is 0.336 e. The van der Waals surface area contributed by atoms with Gasteiger partial charge in [-0.05, 0) is 56.6 Å². The van der Waals surface area contributed by atoms with Crippen molar-refractivity contribution in [3.05, 3.63) is 65.7 Å². The molecule has 33 heavy (non-hydrogen) atoms. The number of aryl methyl sites for hydroxylation is 1. The molecule has 3 N–H and O–H groups in total. The van der Waals surface area contributed by atoms with Gasteiger partial charge in [0, 0.05) is 31.4 Å². The highest BCUT2D eigenvalue weighted by Gasteiger charge is 2.23. The molecule has 7 heteroatoms. The fourth-order valence-electron chi connectivity index (χ4n) is 4.16. The number of para-hydroxylation sites is 1. The van der Waals surface area contributed by atoms with Crippen LogP contribution < -0.4 is 16.0 Å². The summed E-state index contributed by atoms with van der Waals surface area (Å²) in [5, 5.41) is 9.07. The Labute approximate surface area is 197 Å². The third-order valence-corrected chi connectivity index (χ3v) is 6.20. The Kier molecular flexibility index (Phi) is 9.27. The number of hydrogen-bond donors (Lipinski definition) is 3. The van der Waals surface area contributed by atoms with E-state index in [1.54, 1.807) is 0 Å². The van der Waals surface area contributed by atoms with E-state index in [1.807, 2.05) is 44.4 Å². The molecular weight excluding hydrogens is 414 g/mol. The molecule has 1 unspecified atom stereocenters. The number of anilines is 1. The Morgan fingerprint density at radius 1 is 1.03 bits per heavy atom. The SMILES string of the molecule is CCc1ccc(C(CNC(=O)NC2CCN(CC(=O)Nc3ccccc3)CC2)N(C)C)cc1. The molecule has 3 rings (SSSR count). The number of rotatable bonds is 9. The van der Waals surface area contributed by atoms with Crippen molar-refractivity contribution in [3.8, 4) is 0 Å². The highest BCUT2D eigenvalue weighted by molar-refractivity contribution is 5.92. The van der Waals surface area contributed by atoms with Gasteiger partial charge in [0.05, 0.1) is 12.6 Å². The van der Waals surface area contributed by atoms with Crippen LogP contribution >= 0.6 is 0 Å². The first-order valence-electron chi connectivity index (χ1n) is 11.8. The van der Waals surface area contributed by atoms with Crippen molar-refractivity contribution in [2.45, 2.75) is 38.3 Å². The highest BCUT2D eigenvalue weighted by atomic mass is 16.2. The Hall–Kier alpha value is -2.90. The van der Waals surface area contributed by atoms with Crippen molar-refractivity contribution in [2.24, 2.45) is 0 Å². The first kappa shape index (κ1) is 24.7. The number of nitrogens with one attached hydrogen (secondary N) is 3. The molecule has 2 aromatic carbocycles. The zero-order valence-electron chi connectivity index (χ0n) is 20.0. The standard InChI is InChI=1S/C26H37N5O2/c1-4-20-10-12-21(13-11-20)24(30(2)3)18-27-26(33)29-23-14-16-31(17-15-23)19-25(32)28-22-8-6-5-7-9-22/h5-13,23-24H,4,14-19H2,1-3H3,(H,28,32)(H2,27,29,33). The number of urea groups is 1. The summed E-state index contributed by atoms with van der Waals surface area (Å²) in [6.07, 6.45) is 2.69. The van der Waals surface area contributed by atoms with Gasteiger partial charge in [-0.3, -0.25) is 9.69 Å². The minimum Gasteiger partial charge on any atom is -0.336 e. The second-order valence-electron chi connectivity index (χ2n) is 8.89. The molecule has 0 bridgehead atoms. The summed E-state index contributed by atoms with van der Waals surface area (Å²) in [6.45, 7) is 4.64. The van der Waals surface area contributed by atoms with Gasteiger partial charge in [-0.15, -0.1) is 0 Å². The number of likely N-dealkylation sites (tertiary alicyclic amines) is 1. The lowest BCUT2D eigenvalue weighted by molar-refractivity contribution is -0.117. The minimum atomic E-state index is -0.132. The van der Waals surface area contributed by atoms with Crippen LogP contribution in [0.1, 0.15) is 36.9 Å². The lowest BCUT2D eigenvalue weighted by Crippen LogP contribution is -2.50. The minimum absolute atomic E-state index is 0.00736. The molecule has 0 aliphatic carbocycles. The maximum Gasteiger partial charge on any atom is 0.315 e. The van der Waals surface area contributed by atoms with Crippen LogP contribution in [0.2, 0.25) is 0 Å². The fourth-order valence-corrected chi connectivity index (χ4v) is 4.16. The molecule has 0 radical (unpaired) electrons. The molecule has 1 heterocycles. The van der Waals surface area contributed by atoms with Crippen LogP contribution in [0.4, 0.5) is 10.5 Å². The van der Waals surface area contributed by atoms with E-state index >= 15 is 0 Å². The molecule has 2 aromatic rings. The Balaban J connectivity index is 1.38. The van der Waals surface area contributed by atoms with Crippen LogP contribution in [0.5, 0.6) is 0 Å². The monoisotopic (exact) mass is 451 g/mol. The lowest BCUT2D eigenvalue weighted by Gasteiger charge is -2.32. The summed E-state index contributed by atoms with van der Waals surface area (Å²) < 4.78 is 0. The fraction of sp³-hybridized carbons (Fsp3) is 0.462. The van der Waals surface area contributed by atoms with Crippen LogP contribution in [0.15, 0.2) is 54.6 Å². The molecule has 0 aromatic heterocycles. The van der Waals surface area contributed by atoms with E-state index in [4.69, 9.17) is 0 Å². The number of nitrogens with zero attached hydrogens (tertiary/aromatic N) is 2. The van der Waals surface area contributed by atoms with Crippen LogP contribution in [0, 0.1) is 0 Å². The molecule has 1 atom stereocenters. The predicted molar refractivity (Wildman–Crippen MR) is 133 cm³/mol. The first-order valence-corrected chi connectivity index (χ1v) is 11.8. The molecule has 1 aliphatic heterocycles. The molecule has 1 aliphatic rings. The zero-order chi connectivity index (χ0) is 23.6. The second kappa shape index (κ2) is 12.4. The molecule has 1 fully saturated rings. The van der Waals surface area contributed by atoms with Crippen molar-refractivity contribution < 1.29 is 9.59 Å². The number of benzene rings is 2. The van der Waals surface area contributed by atoms with Crippen molar-refractivity contribution in [1.29, 1.82) is 0 Å². The molecule has 0 saturated carbocycles. The average Bonchev–Trinajstić information content (AvgIpc) is 2.81. The summed E-state index contributed by atoms with van der Waals surface area (Å²) in [7, 11) is 4.06. The van der Waals surface area contributed by atoms with Crippen LogP contribution in [0.25, 0.3) is 0 Å². The molecular formula is C26H37N5O2. The van der Waals surface area contributed by atoms with Gasteiger partial charge >= 0.3 is 6.03 Å². The van der Waals surface area contributed by atoms with Gasteiger partial charge in [-0.1, -0.05) is 49.4 Å². The number of piperidine rings is 1.